The summed E-state index contributed by atoms with van der Waals surface area (Å²) in [6, 6.07) is 4.63. The van der Waals surface area contributed by atoms with Crippen LogP contribution in [0.15, 0.2) is 18.2 Å². The van der Waals surface area contributed by atoms with Crippen LogP contribution < -0.4 is 4.74 Å². The van der Waals surface area contributed by atoms with Crippen molar-refractivity contribution in [2.45, 2.75) is 12.8 Å². The number of hydrogen-bond donors (Lipinski definition) is 0. The van der Waals surface area contributed by atoms with E-state index in [1.165, 1.54) is 13.2 Å². The maximum Gasteiger partial charge on any atom is 0.130 e. The zero-order chi connectivity index (χ0) is 9.68. The molecule has 0 spiro atoms. The number of hydrogen-bond acceptors (Lipinski definition) is 2. The zero-order valence-corrected chi connectivity index (χ0v) is 7.42. The van der Waals surface area contributed by atoms with Crippen molar-refractivity contribution in [3.63, 3.8) is 0 Å². The van der Waals surface area contributed by atoms with Gasteiger partial charge in [0.15, 0.2) is 0 Å². The molecule has 3 heteroatoms. The van der Waals surface area contributed by atoms with E-state index in [0.717, 1.165) is 6.29 Å². The van der Waals surface area contributed by atoms with Crippen LogP contribution in [-0.4, -0.2) is 13.4 Å². The highest BCUT2D eigenvalue weighted by molar-refractivity contribution is 5.51. The van der Waals surface area contributed by atoms with E-state index in [-0.39, 0.29) is 5.82 Å². The summed E-state index contributed by atoms with van der Waals surface area (Å²) < 4.78 is 18.1. The average molecular weight is 182 g/mol. The Kier molecular flexibility index (Phi) is 3.43. The van der Waals surface area contributed by atoms with Crippen LogP contribution in [0.2, 0.25) is 0 Å². The van der Waals surface area contributed by atoms with Crippen LogP contribution >= 0.6 is 0 Å². The first-order valence-electron chi connectivity index (χ1n) is 4.04. The summed E-state index contributed by atoms with van der Waals surface area (Å²) in [5.41, 5.74) is 0.470. The van der Waals surface area contributed by atoms with Crippen molar-refractivity contribution in [3.8, 4) is 5.75 Å². The van der Waals surface area contributed by atoms with Crippen LogP contribution in [0.4, 0.5) is 4.39 Å². The number of rotatable bonds is 4. The summed E-state index contributed by atoms with van der Waals surface area (Å²) in [6.07, 6.45) is 1.47. The van der Waals surface area contributed by atoms with E-state index in [9.17, 15) is 9.18 Å². The molecular weight excluding hydrogens is 171 g/mol. The number of benzene rings is 1. The molecule has 0 radical (unpaired) electrons. The second kappa shape index (κ2) is 4.60. The Morgan fingerprint density at radius 2 is 2.31 bits per heavy atom. The maximum atomic E-state index is 13.2. The Labute approximate surface area is 76.3 Å². The fourth-order valence-electron chi connectivity index (χ4n) is 1.18. The number of halogens is 1. The van der Waals surface area contributed by atoms with Crippen LogP contribution in [0.1, 0.15) is 12.0 Å². The Morgan fingerprint density at radius 3 is 2.92 bits per heavy atom. The molecule has 0 fully saturated rings. The molecule has 70 valence electrons. The minimum Gasteiger partial charge on any atom is -0.496 e. The van der Waals surface area contributed by atoms with Crippen molar-refractivity contribution >= 4 is 6.29 Å². The molecule has 0 aromatic heterocycles. The molecule has 0 bridgehead atoms. The van der Waals surface area contributed by atoms with E-state index in [2.05, 4.69) is 0 Å². The van der Waals surface area contributed by atoms with Gasteiger partial charge in [0.05, 0.1) is 7.11 Å². The minimum absolute atomic E-state index is 0.317. The molecule has 0 aliphatic heterocycles. The van der Waals surface area contributed by atoms with E-state index in [4.69, 9.17) is 4.74 Å². The van der Waals surface area contributed by atoms with Crippen LogP contribution in [0, 0.1) is 5.82 Å². The Balaban J connectivity index is 2.93. The lowest BCUT2D eigenvalue weighted by Gasteiger charge is -2.07. The molecule has 2 nitrogen and oxygen atoms in total. The molecule has 0 aliphatic carbocycles. The van der Waals surface area contributed by atoms with Crippen molar-refractivity contribution in [3.05, 3.63) is 29.6 Å². The van der Waals surface area contributed by atoms with E-state index in [0.29, 0.717) is 24.2 Å². The highest BCUT2D eigenvalue weighted by Gasteiger charge is 2.07. The number of aldehydes is 1. The van der Waals surface area contributed by atoms with Gasteiger partial charge in [0.1, 0.15) is 17.9 Å². The summed E-state index contributed by atoms with van der Waals surface area (Å²) in [7, 11) is 1.49. The smallest absolute Gasteiger partial charge is 0.130 e. The first-order valence-corrected chi connectivity index (χ1v) is 4.04. The lowest BCUT2D eigenvalue weighted by Crippen LogP contribution is -1.96. The van der Waals surface area contributed by atoms with Gasteiger partial charge in [-0.15, -0.1) is 0 Å². The van der Waals surface area contributed by atoms with Gasteiger partial charge in [0.25, 0.3) is 0 Å². The topological polar surface area (TPSA) is 26.3 Å². The van der Waals surface area contributed by atoms with Gasteiger partial charge < -0.3 is 9.53 Å². The van der Waals surface area contributed by atoms with Gasteiger partial charge in [0, 0.05) is 12.0 Å². The van der Waals surface area contributed by atoms with Gasteiger partial charge in [-0.2, -0.15) is 0 Å². The minimum atomic E-state index is -0.318. The van der Waals surface area contributed by atoms with E-state index in [1.54, 1.807) is 12.1 Å². The molecule has 0 amide bonds. The van der Waals surface area contributed by atoms with Gasteiger partial charge in [-0.3, -0.25) is 0 Å². The van der Waals surface area contributed by atoms with Gasteiger partial charge in [-0.1, -0.05) is 6.07 Å². The first-order chi connectivity index (χ1) is 6.29. The Morgan fingerprint density at radius 1 is 1.54 bits per heavy atom. The summed E-state index contributed by atoms with van der Waals surface area (Å²) in [5, 5.41) is 0. The second-order valence-corrected chi connectivity index (χ2v) is 2.63. The third-order valence-electron chi connectivity index (χ3n) is 1.81. The Bertz CT molecular complexity index is 297. The third kappa shape index (κ3) is 2.28. The van der Waals surface area contributed by atoms with Crippen LogP contribution in [-0.2, 0) is 11.2 Å². The van der Waals surface area contributed by atoms with Crippen molar-refractivity contribution in [1.82, 2.24) is 0 Å². The van der Waals surface area contributed by atoms with Gasteiger partial charge >= 0.3 is 0 Å². The number of ether oxygens (including phenoxy) is 1. The molecule has 1 aromatic carbocycles. The molecule has 0 N–H and O–H groups in total. The SMILES string of the molecule is COc1cccc(F)c1CCC=O. The standard InChI is InChI=1S/C10H11FO2/c1-13-10-6-2-5-9(11)8(10)4-3-7-12/h2,5-7H,3-4H2,1H3. The van der Waals surface area contributed by atoms with Gasteiger partial charge in [0.2, 0.25) is 0 Å². The molecular formula is C10H11FO2. The normalized spacial score (nSPS) is 9.69. The van der Waals surface area contributed by atoms with Crippen LogP contribution in [0.3, 0.4) is 0 Å². The number of carbonyl (C=O) groups is 1. The number of methoxy groups -OCH3 is 1. The summed E-state index contributed by atoms with van der Waals surface area (Å²) in [4.78, 5) is 10.1. The summed E-state index contributed by atoms with van der Waals surface area (Å²) in [5.74, 6) is 0.183. The third-order valence-corrected chi connectivity index (χ3v) is 1.81. The fourth-order valence-corrected chi connectivity index (χ4v) is 1.18. The number of carbonyl (C=O) groups excluding carboxylic acids is 1. The summed E-state index contributed by atoms with van der Waals surface area (Å²) in [6.45, 7) is 0. The molecule has 0 aliphatic rings. The second-order valence-electron chi connectivity index (χ2n) is 2.63. The quantitative estimate of drug-likeness (QED) is 0.665. The van der Waals surface area contributed by atoms with Crippen molar-refractivity contribution < 1.29 is 13.9 Å². The molecule has 0 atom stereocenters. The maximum absolute atomic E-state index is 13.2. The fraction of sp³-hybridized carbons (Fsp3) is 0.300. The lowest BCUT2D eigenvalue weighted by molar-refractivity contribution is -0.107. The predicted octanol–water partition coefficient (Wildman–Crippen LogP) is 1.97. The van der Waals surface area contributed by atoms with E-state index >= 15 is 0 Å². The van der Waals surface area contributed by atoms with Crippen molar-refractivity contribution in [2.75, 3.05) is 7.11 Å². The lowest BCUT2D eigenvalue weighted by atomic mass is 10.1. The molecule has 0 saturated carbocycles. The van der Waals surface area contributed by atoms with Gasteiger partial charge in [-0.05, 0) is 18.6 Å². The predicted molar refractivity (Wildman–Crippen MR) is 47.3 cm³/mol. The van der Waals surface area contributed by atoms with E-state index in [1.807, 2.05) is 0 Å². The zero-order valence-electron chi connectivity index (χ0n) is 7.42. The molecule has 0 unspecified atom stereocenters. The monoisotopic (exact) mass is 182 g/mol. The van der Waals surface area contributed by atoms with Crippen LogP contribution in [0.25, 0.3) is 0 Å². The molecule has 1 aromatic rings. The Hall–Kier alpha value is -1.38. The molecule has 13 heavy (non-hydrogen) atoms. The largest absolute Gasteiger partial charge is 0.496 e. The molecule has 0 heterocycles. The van der Waals surface area contributed by atoms with Crippen molar-refractivity contribution in [1.29, 1.82) is 0 Å². The summed E-state index contributed by atoms with van der Waals surface area (Å²) >= 11 is 0. The average Bonchev–Trinajstić information content (AvgIpc) is 2.15. The molecule has 1 rings (SSSR count). The van der Waals surface area contributed by atoms with Gasteiger partial charge in [-0.25, -0.2) is 4.39 Å². The van der Waals surface area contributed by atoms with Crippen molar-refractivity contribution in [2.24, 2.45) is 0 Å². The highest BCUT2D eigenvalue weighted by Crippen LogP contribution is 2.21. The first kappa shape index (κ1) is 9.71. The molecule has 0 saturated heterocycles. The highest BCUT2D eigenvalue weighted by atomic mass is 19.1. The van der Waals surface area contributed by atoms with Crippen LogP contribution in [0.5, 0.6) is 5.75 Å². The van der Waals surface area contributed by atoms with E-state index < -0.39 is 0 Å².